The van der Waals surface area contributed by atoms with Crippen LogP contribution in [0.3, 0.4) is 0 Å². The summed E-state index contributed by atoms with van der Waals surface area (Å²) in [6.07, 6.45) is 2.97. The molecule has 3 rings (SSSR count). The van der Waals surface area contributed by atoms with Gasteiger partial charge in [-0.15, -0.1) is 0 Å². The molecule has 8 heteroatoms. The molecule has 1 saturated carbocycles. The van der Waals surface area contributed by atoms with E-state index in [2.05, 4.69) is 5.32 Å². The maximum Gasteiger partial charge on any atom is 0.253 e. The lowest BCUT2D eigenvalue weighted by Crippen LogP contribution is -2.33. The van der Waals surface area contributed by atoms with E-state index in [0.717, 1.165) is 24.7 Å². The number of hydrogen-bond acceptors (Lipinski definition) is 5. The van der Waals surface area contributed by atoms with Crippen molar-refractivity contribution in [1.82, 2.24) is 5.32 Å². The van der Waals surface area contributed by atoms with E-state index in [-0.39, 0.29) is 29.7 Å². The summed E-state index contributed by atoms with van der Waals surface area (Å²) in [6.45, 7) is 0.0961. The predicted octanol–water partition coefficient (Wildman–Crippen LogP) is 2.56. The zero-order valence-corrected chi connectivity index (χ0v) is 17.0. The highest BCUT2D eigenvalue weighted by molar-refractivity contribution is 7.92. The number of rotatable bonds is 8. The normalized spacial score (nSPS) is 13.7. The van der Waals surface area contributed by atoms with Gasteiger partial charge in [0.25, 0.3) is 5.91 Å². The van der Waals surface area contributed by atoms with Crippen molar-refractivity contribution in [3.8, 4) is 11.5 Å². The molecule has 0 unspecified atom stereocenters. The van der Waals surface area contributed by atoms with Crippen LogP contribution in [0.5, 0.6) is 11.5 Å². The molecule has 0 radical (unpaired) electrons. The third-order valence-electron chi connectivity index (χ3n) is 4.50. The van der Waals surface area contributed by atoms with Gasteiger partial charge in [-0.3, -0.25) is 9.10 Å². The molecule has 1 aliphatic carbocycles. The van der Waals surface area contributed by atoms with Gasteiger partial charge in [0.2, 0.25) is 10.0 Å². The van der Waals surface area contributed by atoms with Crippen LogP contribution in [0.1, 0.15) is 28.8 Å². The smallest absolute Gasteiger partial charge is 0.253 e. The topological polar surface area (TPSA) is 84.9 Å². The van der Waals surface area contributed by atoms with Gasteiger partial charge in [-0.1, -0.05) is 30.3 Å². The SMILES string of the molecule is COc1cc(C(=O)NC2CC2)c(N(Cc2ccccc2)S(C)(=O)=O)cc1OC. The number of sulfonamides is 1. The maximum absolute atomic E-state index is 12.8. The van der Waals surface area contributed by atoms with Crippen LogP contribution in [0, 0.1) is 0 Å². The minimum absolute atomic E-state index is 0.0961. The molecule has 0 bridgehead atoms. The summed E-state index contributed by atoms with van der Waals surface area (Å²) in [5.41, 5.74) is 1.28. The molecule has 1 N–H and O–H groups in total. The summed E-state index contributed by atoms with van der Waals surface area (Å²) in [6, 6.07) is 12.4. The van der Waals surface area contributed by atoms with E-state index in [1.54, 1.807) is 0 Å². The molecule has 2 aromatic rings. The van der Waals surface area contributed by atoms with Crippen LogP contribution in [-0.4, -0.2) is 40.8 Å². The lowest BCUT2D eigenvalue weighted by molar-refractivity contribution is 0.0951. The molecule has 0 saturated heterocycles. The lowest BCUT2D eigenvalue weighted by atomic mass is 10.1. The van der Waals surface area contributed by atoms with E-state index in [9.17, 15) is 13.2 Å². The van der Waals surface area contributed by atoms with Gasteiger partial charge in [0.15, 0.2) is 11.5 Å². The molecule has 0 aliphatic heterocycles. The minimum atomic E-state index is -3.67. The Kier molecular flexibility index (Phi) is 5.79. The second-order valence-electron chi connectivity index (χ2n) is 6.73. The summed E-state index contributed by atoms with van der Waals surface area (Å²) in [4.78, 5) is 12.8. The highest BCUT2D eigenvalue weighted by atomic mass is 32.2. The second kappa shape index (κ2) is 8.10. The lowest BCUT2D eigenvalue weighted by Gasteiger charge is -2.26. The van der Waals surface area contributed by atoms with Crippen molar-refractivity contribution < 1.29 is 22.7 Å². The van der Waals surface area contributed by atoms with Crippen molar-refractivity contribution in [2.45, 2.75) is 25.4 Å². The van der Waals surface area contributed by atoms with Crippen LogP contribution in [-0.2, 0) is 16.6 Å². The zero-order valence-electron chi connectivity index (χ0n) is 16.1. The van der Waals surface area contributed by atoms with Gasteiger partial charge in [-0.05, 0) is 24.5 Å². The average molecular weight is 404 g/mol. The molecule has 0 spiro atoms. The molecule has 0 aromatic heterocycles. The third kappa shape index (κ3) is 4.56. The van der Waals surface area contributed by atoms with Crippen LogP contribution in [0.4, 0.5) is 5.69 Å². The van der Waals surface area contributed by atoms with Gasteiger partial charge in [-0.2, -0.15) is 0 Å². The van der Waals surface area contributed by atoms with Crippen molar-refractivity contribution in [3.05, 3.63) is 53.6 Å². The summed E-state index contributed by atoms with van der Waals surface area (Å²) in [5, 5.41) is 2.91. The Bertz CT molecular complexity index is 956. The van der Waals surface area contributed by atoms with E-state index >= 15 is 0 Å². The first-order chi connectivity index (χ1) is 13.3. The van der Waals surface area contributed by atoms with Crippen molar-refractivity contribution in [2.24, 2.45) is 0 Å². The number of benzene rings is 2. The average Bonchev–Trinajstić information content (AvgIpc) is 3.49. The molecule has 28 heavy (non-hydrogen) atoms. The molecular weight excluding hydrogens is 380 g/mol. The van der Waals surface area contributed by atoms with Crippen molar-refractivity contribution in [3.63, 3.8) is 0 Å². The van der Waals surface area contributed by atoms with Gasteiger partial charge >= 0.3 is 0 Å². The summed E-state index contributed by atoms with van der Waals surface area (Å²) in [7, 11) is -0.736. The number of methoxy groups -OCH3 is 2. The number of anilines is 1. The van der Waals surface area contributed by atoms with Gasteiger partial charge in [-0.25, -0.2) is 8.42 Å². The van der Waals surface area contributed by atoms with Crippen molar-refractivity contribution in [1.29, 1.82) is 0 Å². The quantitative estimate of drug-likeness (QED) is 0.731. The highest BCUT2D eigenvalue weighted by Gasteiger charge is 2.29. The summed E-state index contributed by atoms with van der Waals surface area (Å²) >= 11 is 0. The van der Waals surface area contributed by atoms with Gasteiger partial charge in [0.05, 0.1) is 38.3 Å². The molecule has 1 aliphatic rings. The number of amides is 1. The number of nitrogens with zero attached hydrogens (tertiary/aromatic N) is 1. The summed E-state index contributed by atoms with van der Waals surface area (Å²) in [5.74, 6) is 0.378. The number of carbonyl (C=O) groups excluding carboxylic acids is 1. The van der Waals surface area contributed by atoms with Gasteiger partial charge in [0.1, 0.15) is 0 Å². The first-order valence-corrected chi connectivity index (χ1v) is 10.8. The second-order valence-corrected chi connectivity index (χ2v) is 8.63. The van der Waals surface area contributed by atoms with Crippen LogP contribution in [0.25, 0.3) is 0 Å². The van der Waals surface area contributed by atoms with E-state index in [1.807, 2.05) is 30.3 Å². The first-order valence-electron chi connectivity index (χ1n) is 8.92. The standard InChI is InChI=1S/C20H24N2O5S/c1-26-18-11-16(20(23)21-15-9-10-15)17(12-19(18)27-2)22(28(3,24)25)13-14-7-5-4-6-8-14/h4-8,11-12,15H,9-10,13H2,1-3H3,(H,21,23). The Morgan fingerprint density at radius 2 is 1.71 bits per heavy atom. The van der Waals surface area contributed by atoms with Gasteiger partial charge < -0.3 is 14.8 Å². The van der Waals surface area contributed by atoms with E-state index < -0.39 is 10.0 Å². The molecule has 0 heterocycles. The number of nitrogens with one attached hydrogen (secondary N) is 1. The van der Waals surface area contributed by atoms with Crippen LogP contribution >= 0.6 is 0 Å². The Labute approximate surface area is 165 Å². The van der Waals surface area contributed by atoms with Crippen LogP contribution in [0.2, 0.25) is 0 Å². The molecule has 1 fully saturated rings. The largest absolute Gasteiger partial charge is 0.493 e. The Balaban J connectivity index is 2.12. The van der Waals surface area contributed by atoms with Crippen molar-refractivity contribution in [2.75, 3.05) is 24.8 Å². The fraction of sp³-hybridized carbons (Fsp3) is 0.350. The van der Waals surface area contributed by atoms with Crippen LogP contribution < -0.4 is 19.1 Å². The molecular formula is C20H24N2O5S. The zero-order chi connectivity index (χ0) is 20.3. The van der Waals surface area contributed by atoms with Crippen molar-refractivity contribution >= 4 is 21.6 Å². The molecule has 7 nitrogen and oxygen atoms in total. The molecule has 1 amide bonds. The predicted molar refractivity (Wildman–Crippen MR) is 108 cm³/mol. The fourth-order valence-corrected chi connectivity index (χ4v) is 3.77. The molecule has 150 valence electrons. The molecule has 2 aromatic carbocycles. The molecule has 0 atom stereocenters. The maximum atomic E-state index is 12.8. The van der Waals surface area contributed by atoms with E-state index in [0.29, 0.717) is 11.5 Å². The Hall–Kier alpha value is -2.74. The van der Waals surface area contributed by atoms with Crippen LogP contribution in [0.15, 0.2) is 42.5 Å². The summed E-state index contributed by atoms with van der Waals surface area (Å²) < 4.78 is 37.1. The Morgan fingerprint density at radius 3 is 2.25 bits per heavy atom. The minimum Gasteiger partial charge on any atom is -0.493 e. The fourth-order valence-electron chi connectivity index (χ4n) is 2.88. The third-order valence-corrected chi connectivity index (χ3v) is 5.62. The number of hydrogen-bond donors (Lipinski definition) is 1. The van der Waals surface area contributed by atoms with E-state index in [4.69, 9.17) is 9.47 Å². The number of carbonyl (C=O) groups is 1. The highest BCUT2D eigenvalue weighted by Crippen LogP contribution is 2.37. The van der Waals surface area contributed by atoms with Gasteiger partial charge in [0, 0.05) is 12.1 Å². The Morgan fingerprint density at radius 1 is 1.11 bits per heavy atom. The first kappa shape index (κ1) is 20.0. The van der Waals surface area contributed by atoms with E-state index in [1.165, 1.54) is 30.7 Å². The number of ether oxygens (including phenoxy) is 2. The monoisotopic (exact) mass is 404 g/mol.